The van der Waals surface area contributed by atoms with E-state index in [0.29, 0.717) is 5.56 Å². The van der Waals surface area contributed by atoms with Crippen molar-refractivity contribution in [1.82, 2.24) is 0 Å². The van der Waals surface area contributed by atoms with Crippen molar-refractivity contribution in [2.24, 2.45) is 5.73 Å². The Hall–Kier alpha value is -2.93. The Labute approximate surface area is 129 Å². The van der Waals surface area contributed by atoms with Crippen molar-refractivity contribution in [2.45, 2.75) is 0 Å². The van der Waals surface area contributed by atoms with Gasteiger partial charge < -0.3 is 10.8 Å². The molecule has 112 valence electrons. The summed E-state index contributed by atoms with van der Waals surface area (Å²) in [6.45, 7) is 0. The predicted octanol–water partition coefficient (Wildman–Crippen LogP) is 2.71. The zero-order valence-electron chi connectivity index (χ0n) is 10.9. The first-order valence-corrected chi connectivity index (χ1v) is 6.30. The lowest BCUT2D eigenvalue weighted by molar-refractivity contribution is -0.384. The van der Waals surface area contributed by atoms with Gasteiger partial charge >= 0.3 is 5.97 Å². The predicted molar refractivity (Wildman–Crippen MR) is 79.0 cm³/mol. The van der Waals surface area contributed by atoms with Gasteiger partial charge in [0.1, 0.15) is 0 Å². The molecule has 8 heteroatoms. The van der Waals surface area contributed by atoms with E-state index in [9.17, 15) is 24.8 Å². The van der Waals surface area contributed by atoms with Crippen LogP contribution in [0.3, 0.4) is 0 Å². The fourth-order valence-electron chi connectivity index (χ4n) is 1.95. The highest BCUT2D eigenvalue weighted by atomic mass is 35.5. The molecule has 0 spiro atoms. The number of nitrogens with two attached hydrogens (primary N) is 1. The molecule has 3 N–H and O–H groups in total. The number of amides is 1. The van der Waals surface area contributed by atoms with E-state index in [-0.39, 0.29) is 27.4 Å². The molecule has 0 fully saturated rings. The number of nitrogens with zero attached hydrogens (tertiary/aromatic N) is 1. The first kappa shape index (κ1) is 15.5. The number of rotatable bonds is 4. The highest BCUT2D eigenvalue weighted by molar-refractivity contribution is 6.34. The largest absolute Gasteiger partial charge is 0.478 e. The number of carbonyl (C=O) groups is 2. The summed E-state index contributed by atoms with van der Waals surface area (Å²) in [5.41, 5.74) is 5.18. The summed E-state index contributed by atoms with van der Waals surface area (Å²) in [6.07, 6.45) is 0. The summed E-state index contributed by atoms with van der Waals surface area (Å²) in [5.74, 6) is -2.03. The Morgan fingerprint density at radius 1 is 1.14 bits per heavy atom. The molecule has 0 radical (unpaired) electrons. The minimum absolute atomic E-state index is 0.00186. The molecule has 2 rings (SSSR count). The average Bonchev–Trinajstić information content (AvgIpc) is 2.46. The summed E-state index contributed by atoms with van der Waals surface area (Å²) >= 11 is 5.84. The number of carbonyl (C=O) groups excluding carboxylic acids is 1. The van der Waals surface area contributed by atoms with Crippen LogP contribution in [0.5, 0.6) is 0 Å². The molecule has 0 saturated heterocycles. The molecule has 0 aliphatic rings. The maximum atomic E-state index is 11.3. The van der Waals surface area contributed by atoms with E-state index in [0.717, 1.165) is 18.2 Å². The SMILES string of the molecule is NC(=O)c1cc(-c2cc([N+](=O)[O-])ccc2C(=O)O)ccc1Cl. The summed E-state index contributed by atoms with van der Waals surface area (Å²) in [4.78, 5) is 32.8. The normalized spacial score (nSPS) is 10.2. The molecule has 0 heterocycles. The lowest BCUT2D eigenvalue weighted by atomic mass is 9.97. The number of carboxylic acid groups (broad SMARTS) is 1. The number of nitro benzene ring substituents is 1. The van der Waals surface area contributed by atoms with Gasteiger partial charge in [0.25, 0.3) is 5.69 Å². The molecule has 0 aliphatic carbocycles. The number of aromatic carboxylic acids is 1. The van der Waals surface area contributed by atoms with Gasteiger partial charge in [-0.25, -0.2) is 4.79 Å². The molecule has 0 aromatic heterocycles. The molecule has 2 aromatic rings. The van der Waals surface area contributed by atoms with Crippen molar-refractivity contribution in [3.8, 4) is 11.1 Å². The van der Waals surface area contributed by atoms with E-state index < -0.39 is 16.8 Å². The number of non-ortho nitro benzene ring substituents is 1. The highest BCUT2D eigenvalue weighted by Crippen LogP contribution is 2.30. The van der Waals surface area contributed by atoms with Crippen LogP contribution in [0, 0.1) is 10.1 Å². The quantitative estimate of drug-likeness (QED) is 0.662. The molecule has 2 aromatic carbocycles. The van der Waals surface area contributed by atoms with Crippen LogP contribution in [-0.4, -0.2) is 21.9 Å². The van der Waals surface area contributed by atoms with Crippen LogP contribution in [0.2, 0.25) is 5.02 Å². The van der Waals surface area contributed by atoms with Crippen LogP contribution in [0.4, 0.5) is 5.69 Å². The van der Waals surface area contributed by atoms with E-state index in [1.807, 2.05) is 0 Å². The topological polar surface area (TPSA) is 124 Å². The lowest BCUT2D eigenvalue weighted by Crippen LogP contribution is -2.11. The average molecular weight is 321 g/mol. The third-order valence-corrected chi connectivity index (χ3v) is 3.32. The van der Waals surface area contributed by atoms with Gasteiger partial charge in [0.15, 0.2) is 0 Å². The number of primary amides is 1. The summed E-state index contributed by atoms with van der Waals surface area (Å²) < 4.78 is 0. The first-order valence-electron chi connectivity index (χ1n) is 5.92. The Balaban J connectivity index is 2.72. The van der Waals surface area contributed by atoms with Gasteiger partial charge in [-0.1, -0.05) is 17.7 Å². The maximum absolute atomic E-state index is 11.3. The van der Waals surface area contributed by atoms with Crippen LogP contribution < -0.4 is 5.73 Å². The van der Waals surface area contributed by atoms with E-state index in [2.05, 4.69) is 0 Å². The number of hydrogen-bond donors (Lipinski definition) is 2. The summed E-state index contributed by atoms with van der Waals surface area (Å²) in [6, 6.07) is 7.49. The molecule has 0 saturated carbocycles. The molecule has 1 amide bonds. The Kier molecular flexibility index (Phi) is 4.09. The third kappa shape index (κ3) is 2.89. The van der Waals surface area contributed by atoms with Crippen LogP contribution in [-0.2, 0) is 0 Å². The van der Waals surface area contributed by atoms with Gasteiger partial charge in [-0.15, -0.1) is 0 Å². The fourth-order valence-corrected chi connectivity index (χ4v) is 2.16. The second-order valence-corrected chi connectivity index (χ2v) is 4.76. The monoisotopic (exact) mass is 320 g/mol. The zero-order valence-corrected chi connectivity index (χ0v) is 11.7. The van der Waals surface area contributed by atoms with Crippen LogP contribution in [0.1, 0.15) is 20.7 Å². The minimum Gasteiger partial charge on any atom is -0.478 e. The molecular formula is C14H9ClN2O5. The second-order valence-electron chi connectivity index (χ2n) is 4.35. The standard InChI is InChI=1S/C14H9ClN2O5/c15-12-4-1-7(5-11(12)13(16)18)10-6-8(17(21)22)2-3-9(10)14(19)20/h1-6H,(H2,16,18)(H,19,20). The molecule has 0 atom stereocenters. The van der Waals surface area contributed by atoms with E-state index in [4.69, 9.17) is 17.3 Å². The molecular weight excluding hydrogens is 312 g/mol. The van der Waals surface area contributed by atoms with Gasteiger partial charge in [-0.2, -0.15) is 0 Å². The van der Waals surface area contributed by atoms with Crippen molar-refractivity contribution in [3.05, 3.63) is 62.7 Å². The van der Waals surface area contributed by atoms with Crippen molar-refractivity contribution in [3.63, 3.8) is 0 Å². The third-order valence-electron chi connectivity index (χ3n) is 2.99. The van der Waals surface area contributed by atoms with Gasteiger partial charge in [0.2, 0.25) is 5.91 Å². The van der Waals surface area contributed by atoms with Crippen molar-refractivity contribution in [1.29, 1.82) is 0 Å². The Morgan fingerprint density at radius 3 is 2.36 bits per heavy atom. The Morgan fingerprint density at radius 2 is 1.82 bits per heavy atom. The Bertz CT molecular complexity index is 804. The fraction of sp³-hybridized carbons (Fsp3) is 0. The maximum Gasteiger partial charge on any atom is 0.336 e. The lowest BCUT2D eigenvalue weighted by Gasteiger charge is -2.08. The number of halogens is 1. The number of benzene rings is 2. The molecule has 0 bridgehead atoms. The van der Waals surface area contributed by atoms with Gasteiger partial charge in [0, 0.05) is 17.7 Å². The van der Waals surface area contributed by atoms with Crippen molar-refractivity contribution < 1.29 is 19.6 Å². The minimum atomic E-state index is -1.25. The summed E-state index contributed by atoms with van der Waals surface area (Å²) in [5, 5.41) is 20.2. The van der Waals surface area contributed by atoms with Gasteiger partial charge in [-0.3, -0.25) is 14.9 Å². The van der Waals surface area contributed by atoms with Crippen molar-refractivity contribution >= 4 is 29.2 Å². The molecule has 0 unspecified atom stereocenters. The van der Waals surface area contributed by atoms with Crippen LogP contribution in [0.25, 0.3) is 11.1 Å². The number of carboxylic acids is 1. The summed E-state index contributed by atoms with van der Waals surface area (Å²) in [7, 11) is 0. The molecule has 7 nitrogen and oxygen atoms in total. The van der Waals surface area contributed by atoms with E-state index in [1.165, 1.54) is 18.2 Å². The van der Waals surface area contributed by atoms with E-state index in [1.54, 1.807) is 0 Å². The van der Waals surface area contributed by atoms with Crippen molar-refractivity contribution in [2.75, 3.05) is 0 Å². The number of nitro groups is 1. The zero-order chi connectivity index (χ0) is 16.4. The van der Waals surface area contributed by atoms with E-state index >= 15 is 0 Å². The molecule has 22 heavy (non-hydrogen) atoms. The van der Waals surface area contributed by atoms with Crippen LogP contribution in [0.15, 0.2) is 36.4 Å². The van der Waals surface area contributed by atoms with Crippen LogP contribution >= 0.6 is 11.6 Å². The molecule has 0 aliphatic heterocycles. The number of hydrogen-bond acceptors (Lipinski definition) is 4. The first-order chi connectivity index (χ1) is 10.3. The highest BCUT2D eigenvalue weighted by Gasteiger charge is 2.18. The van der Waals surface area contributed by atoms with Gasteiger partial charge in [-0.05, 0) is 23.8 Å². The van der Waals surface area contributed by atoms with Gasteiger partial charge in [0.05, 0.1) is 21.1 Å². The smallest absolute Gasteiger partial charge is 0.336 e. The second kappa shape index (κ2) is 5.82.